The molecule has 0 radical (unpaired) electrons. The van der Waals surface area contributed by atoms with E-state index in [0.29, 0.717) is 17.9 Å². The van der Waals surface area contributed by atoms with E-state index in [1.807, 2.05) is 13.8 Å². The Labute approximate surface area is 115 Å². The number of esters is 1. The fourth-order valence-electron chi connectivity index (χ4n) is 2.20. The van der Waals surface area contributed by atoms with Crippen LogP contribution in [0.25, 0.3) is 0 Å². The Morgan fingerprint density at radius 3 is 2.21 bits per heavy atom. The number of nitrogens with two attached hydrogens (primary N) is 1. The summed E-state index contributed by atoms with van der Waals surface area (Å²) in [5.74, 6) is -0.262. The second-order valence-corrected chi connectivity index (χ2v) is 4.69. The normalized spacial score (nSPS) is 10.8. The van der Waals surface area contributed by atoms with Gasteiger partial charge in [-0.25, -0.2) is 4.79 Å². The van der Waals surface area contributed by atoms with Crippen LogP contribution in [0.3, 0.4) is 0 Å². The van der Waals surface area contributed by atoms with Crippen LogP contribution in [0.2, 0.25) is 0 Å². The van der Waals surface area contributed by atoms with E-state index in [4.69, 9.17) is 10.5 Å². The third-order valence-corrected chi connectivity index (χ3v) is 3.29. The van der Waals surface area contributed by atoms with Crippen LogP contribution in [0.4, 0.5) is 5.69 Å². The van der Waals surface area contributed by atoms with E-state index in [9.17, 15) is 4.79 Å². The van der Waals surface area contributed by atoms with Crippen LogP contribution >= 0.6 is 0 Å². The molecule has 0 heterocycles. The van der Waals surface area contributed by atoms with Gasteiger partial charge in [-0.15, -0.1) is 0 Å². The number of hydrogen-bond acceptors (Lipinski definition) is 4. The zero-order valence-corrected chi connectivity index (χ0v) is 12.3. The number of carbonyl (C=O) groups is 1. The number of hydrogen-bond donors (Lipinski definition) is 1. The zero-order valence-electron chi connectivity index (χ0n) is 12.3. The Bertz CT molecular complexity index is 417. The van der Waals surface area contributed by atoms with E-state index in [-0.39, 0.29) is 5.97 Å². The van der Waals surface area contributed by atoms with E-state index < -0.39 is 0 Å². The minimum Gasteiger partial charge on any atom is -0.461 e. The van der Waals surface area contributed by atoms with Crippen LogP contribution in [0, 0.1) is 13.8 Å². The van der Waals surface area contributed by atoms with Crippen molar-refractivity contribution in [3.05, 3.63) is 28.8 Å². The molecule has 4 heteroatoms. The van der Waals surface area contributed by atoms with Crippen molar-refractivity contribution in [3.8, 4) is 0 Å². The lowest BCUT2D eigenvalue weighted by molar-refractivity contribution is 0.0465. The van der Waals surface area contributed by atoms with Gasteiger partial charge >= 0.3 is 5.97 Å². The molecular formula is C15H24N2O2. The van der Waals surface area contributed by atoms with Crippen LogP contribution < -0.4 is 5.73 Å². The SMILES string of the molecule is CCN(CC)CCOC(=O)c1c(C)cc(N)cc1C. The van der Waals surface area contributed by atoms with Crippen molar-refractivity contribution in [2.45, 2.75) is 27.7 Å². The van der Waals surface area contributed by atoms with Gasteiger partial charge in [0.2, 0.25) is 0 Å². The van der Waals surface area contributed by atoms with Crippen molar-refractivity contribution in [3.63, 3.8) is 0 Å². The predicted octanol–water partition coefficient (Wildman–Crippen LogP) is 2.38. The lowest BCUT2D eigenvalue weighted by Crippen LogP contribution is -2.28. The molecule has 2 N–H and O–H groups in total. The number of likely N-dealkylation sites (N-methyl/N-ethyl adjacent to an activating group) is 1. The Morgan fingerprint density at radius 2 is 1.74 bits per heavy atom. The average molecular weight is 264 g/mol. The molecule has 106 valence electrons. The topological polar surface area (TPSA) is 55.6 Å². The Balaban J connectivity index is 2.64. The van der Waals surface area contributed by atoms with E-state index in [1.54, 1.807) is 12.1 Å². The average Bonchev–Trinajstić information content (AvgIpc) is 2.33. The van der Waals surface area contributed by atoms with Gasteiger partial charge in [0.1, 0.15) is 6.61 Å². The summed E-state index contributed by atoms with van der Waals surface area (Å²) in [6.07, 6.45) is 0. The number of nitrogen functional groups attached to an aromatic ring is 1. The number of rotatable bonds is 6. The van der Waals surface area contributed by atoms with Crippen molar-refractivity contribution in [1.29, 1.82) is 0 Å². The van der Waals surface area contributed by atoms with Crippen molar-refractivity contribution in [2.24, 2.45) is 0 Å². The van der Waals surface area contributed by atoms with Gasteiger partial charge in [-0.1, -0.05) is 13.8 Å². The van der Waals surface area contributed by atoms with Crippen LogP contribution in [-0.4, -0.2) is 37.1 Å². The van der Waals surface area contributed by atoms with Crippen LogP contribution in [0.15, 0.2) is 12.1 Å². The molecule has 0 aliphatic heterocycles. The number of carbonyl (C=O) groups excluding carboxylic acids is 1. The van der Waals surface area contributed by atoms with E-state index in [2.05, 4.69) is 18.7 Å². The molecule has 0 amide bonds. The Morgan fingerprint density at radius 1 is 1.21 bits per heavy atom. The summed E-state index contributed by atoms with van der Waals surface area (Å²) in [5, 5.41) is 0. The molecule has 19 heavy (non-hydrogen) atoms. The zero-order chi connectivity index (χ0) is 14.4. The molecule has 0 saturated carbocycles. The van der Waals surface area contributed by atoms with Crippen molar-refractivity contribution in [2.75, 3.05) is 32.0 Å². The highest BCUT2D eigenvalue weighted by Gasteiger charge is 2.14. The molecule has 0 fully saturated rings. The highest BCUT2D eigenvalue weighted by Crippen LogP contribution is 2.18. The van der Waals surface area contributed by atoms with Gasteiger partial charge in [0.25, 0.3) is 0 Å². The number of anilines is 1. The van der Waals surface area contributed by atoms with E-state index in [1.165, 1.54) is 0 Å². The van der Waals surface area contributed by atoms with Crippen molar-refractivity contribution in [1.82, 2.24) is 4.90 Å². The summed E-state index contributed by atoms with van der Waals surface area (Å²) >= 11 is 0. The molecular weight excluding hydrogens is 240 g/mol. The van der Waals surface area contributed by atoms with Crippen LogP contribution in [0.1, 0.15) is 35.3 Å². The quantitative estimate of drug-likeness (QED) is 0.633. The third kappa shape index (κ3) is 4.24. The molecule has 0 atom stereocenters. The summed E-state index contributed by atoms with van der Waals surface area (Å²) in [6.45, 7) is 11.1. The van der Waals surface area contributed by atoms with Crippen molar-refractivity contribution < 1.29 is 9.53 Å². The van der Waals surface area contributed by atoms with Gasteiger partial charge in [-0.05, 0) is 50.2 Å². The molecule has 1 rings (SSSR count). The second-order valence-electron chi connectivity index (χ2n) is 4.69. The largest absolute Gasteiger partial charge is 0.461 e. The fraction of sp³-hybridized carbons (Fsp3) is 0.533. The standard InChI is InChI=1S/C15H24N2O2/c1-5-17(6-2)7-8-19-15(18)14-11(3)9-13(16)10-12(14)4/h9-10H,5-8,16H2,1-4H3. The minimum atomic E-state index is -0.262. The van der Waals surface area contributed by atoms with E-state index in [0.717, 1.165) is 30.8 Å². The summed E-state index contributed by atoms with van der Waals surface area (Å²) in [6, 6.07) is 3.60. The summed E-state index contributed by atoms with van der Waals surface area (Å²) < 4.78 is 5.34. The van der Waals surface area contributed by atoms with Gasteiger partial charge < -0.3 is 15.4 Å². The molecule has 0 bridgehead atoms. The molecule has 0 saturated heterocycles. The smallest absolute Gasteiger partial charge is 0.338 e. The highest BCUT2D eigenvalue weighted by atomic mass is 16.5. The van der Waals surface area contributed by atoms with Crippen LogP contribution in [0.5, 0.6) is 0 Å². The number of ether oxygens (including phenoxy) is 1. The van der Waals surface area contributed by atoms with Crippen molar-refractivity contribution >= 4 is 11.7 Å². The maximum absolute atomic E-state index is 12.1. The molecule has 0 spiro atoms. The molecule has 1 aromatic carbocycles. The molecule has 0 aliphatic rings. The first-order valence-electron chi connectivity index (χ1n) is 6.75. The number of benzene rings is 1. The molecule has 4 nitrogen and oxygen atoms in total. The Hall–Kier alpha value is -1.55. The predicted molar refractivity (Wildman–Crippen MR) is 78.4 cm³/mol. The van der Waals surface area contributed by atoms with Gasteiger partial charge in [0.05, 0.1) is 5.56 Å². The first-order chi connectivity index (χ1) is 8.99. The molecule has 0 aromatic heterocycles. The Kier molecular flexibility index (Phi) is 5.83. The highest BCUT2D eigenvalue weighted by molar-refractivity contribution is 5.93. The third-order valence-electron chi connectivity index (χ3n) is 3.29. The summed E-state index contributed by atoms with van der Waals surface area (Å²) in [5.41, 5.74) is 8.79. The van der Waals surface area contributed by atoms with E-state index >= 15 is 0 Å². The maximum Gasteiger partial charge on any atom is 0.338 e. The number of aryl methyl sites for hydroxylation is 2. The minimum absolute atomic E-state index is 0.262. The molecule has 0 unspecified atom stereocenters. The first kappa shape index (κ1) is 15.5. The summed E-state index contributed by atoms with van der Waals surface area (Å²) in [4.78, 5) is 14.3. The fourth-order valence-corrected chi connectivity index (χ4v) is 2.20. The van der Waals surface area contributed by atoms with Crippen LogP contribution in [-0.2, 0) is 4.74 Å². The van der Waals surface area contributed by atoms with Gasteiger partial charge in [0, 0.05) is 12.2 Å². The lowest BCUT2D eigenvalue weighted by Gasteiger charge is -2.18. The molecule has 1 aromatic rings. The first-order valence-corrected chi connectivity index (χ1v) is 6.75. The second kappa shape index (κ2) is 7.14. The monoisotopic (exact) mass is 264 g/mol. The van der Waals surface area contributed by atoms with Gasteiger partial charge in [-0.2, -0.15) is 0 Å². The molecule has 0 aliphatic carbocycles. The van der Waals surface area contributed by atoms with Gasteiger partial charge in [-0.3, -0.25) is 0 Å². The van der Waals surface area contributed by atoms with Gasteiger partial charge in [0.15, 0.2) is 0 Å². The summed E-state index contributed by atoms with van der Waals surface area (Å²) in [7, 11) is 0. The lowest BCUT2D eigenvalue weighted by atomic mass is 10.0. The number of nitrogens with zero attached hydrogens (tertiary/aromatic N) is 1. The maximum atomic E-state index is 12.1.